The zero-order chi connectivity index (χ0) is 27.6. The number of carbonyl (C=O) groups is 2. The van der Waals surface area contributed by atoms with Crippen molar-refractivity contribution in [2.75, 3.05) is 5.32 Å². The summed E-state index contributed by atoms with van der Waals surface area (Å²) in [4.78, 5) is 25.6. The average molecular weight is 607 g/mol. The smallest absolute Gasteiger partial charge is 0.263 e. The van der Waals surface area contributed by atoms with Crippen LogP contribution in [0.1, 0.15) is 36.2 Å². The zero-order valence-electron chi connectivity index (χ0n) is 20.4. The van der Waals surface area contributed by atoms with Gasteiger partial charge in [0.1, 0.15) is 16.4 Å². The minimum atomic E-state index is -0.452. The molecule has 0 aliphatic rings. The molecular weight excluding hydrogens is 585 g/mol. The lowest BCUT2D eigenvalue weighted by atomic mass is 10.1. The maximum absolute atomic E-state index is 12.7. The van der Waals surface area contributed by atoms with E-state index >= 15 is 0 Å². The monoisotopic (exact) mass is 605 g/mol. The summed E-state index contributed by atoms with van der Waals surface area (Å²) >= 11 is 25.3. The number of carbonyl (C=O) groups excluding carboxylic acids is 2. The molecular formula is C27H22Cl3N3O3S2. The van der Waals surface area contributed by atoms with Crippen LogP contribution in [0.3, 0.4) is 0 Å². The molecule has 0 spiro atoms. The molecule has 196 valence electrons. The highest BCUT2D eigenvalue weighted by Gasteiger charge is 2.22. The second-order valence-corrected chi connectivity index (χ2v) is 11.9. The molecule has 0 radical (unpaired) electrons. The minimum absolute atomic E-state index is 0.0884. The van der Waals surface area contributed by atoms with Crippen molar-refractivity contribution in [1.82, 2.24) is 10.6 Å². The first-order valence-electron chi connectivity index (χ1n) is 11.3. The largest absolute Gasteiger partial charge is 0.457 e. The molecule has 3 N–H and O–H groups in total. The van der Waals surface area contributed by atoms with Crippen molar-refractivity contribution in [3.05, 3.63) is 80.3 Å². The number of halogens is 3. The molecule has 0 fully saturated rings. The van der Waals surface area contributed by atoms with E-state index in [-0.39, 0.29) is 11.0 Å². The van der Waals surface area contributed by atoms with Gasteiger partial charge in [-0.25, -0.2) is 0 Å². The normalized spacial score (nSPS) is 11.6. The lowest BCUT2D eigenvalue weighted by molar-refractivity contribution is -0.115. The molecule has 0 aliphatic heterocycles. The second-order valence-electron chi connectivity index (χ2n) is 9.23. The quantitative estimate of drug-likeness (QED) is 0.158. The summed E-state index contributed by atoms with van der Waals surface area (Å²) in [5.74, 6) is 0.294. The van der Waals surface area contributed by atoms with Crippen LogP contribution in [-0.4, -0.2) is 22.5 Å². The Morgan fingerprint density at radius 3 is 2.53 bits per heavy atom. The van der Waals surface area contributed by atoms with E-state index in [1.54, 1.807) is 42.5 Å². The van der Waals surface area contributed by atoms with E-state index in [0.29, 0.717) is 48.1 Å². The van der Waals surface area contributed by atoms with Gasteiger partial charge in [-0.05, 0) is 75.5 Å². The predicted octanol–water partition coefficient (Wildman–Crippen LogP) is 8.18. The van der Waals surface area contributed by atoms with Crippen LogP contribution in [0, 0.1) is 0 Å². The number of nitrogens with one attached hydrogen (secondary N) is 3. The lowest BCUT2D eigenvalue weighted by Crippen LogP contribution is -2.40. The summed E-state index contributed by atoms with van der Waals surface area (Å²) in [6, 6.07) is 14.0. The lowest BCUT2D eigenvalue weighted by Gasteiger charge is -2.19. The highest BCUT2D eigenvalue weighted by atomic mass is 35.5. The van der Waals surface area contributed by atoms with E-state index < -0.39 is 11.4 Å². The van der Waals surface area contributed by atoms with Gasteiger partial charge in [-0.2, -0.15) is 0 Å². The number of hydrogen-bond acceptors (Lipinski definition) is 5. The summed E-state index contributed by atoms with van der Waals surface area (Å²) in [6.45, 7) is 5.69. The number of anilines is 1. The Balaban J connectivity index is 1.43. The molecule has 2 aromatic carbocycles. The van der Waals surface area contributed by atoms with Crippen LogP contribution in [0.2, 0.25) is 15.1 Å². The highest BCUT2D eigenvalue weighted by Crippen LogP contribution is 2.39. The van der Waals surface area contributed by atoms with Crippen LogP contribution in [0.4, 0.5) is 5.69 Å². The van der Waals surface area contributed by atoms with Gasteiger partial charge in [0, 0.05) is 27.6 Å². The van der Waals surface area contributed by atoms with Crippen molar-refractivity contribution in [2.45, 2.75) is 26.3 Å². The van der Waals surface area contributed by atoms with Crippen molar-refractivity contribution < 1.29 is 14.0 Å². The van der Waals surface area contributed by atoms with Crippen LogP contribution >= 0.6 is 58.4 Å². The van der Waals surface area contributed by atoms with E-state index in [0.717, 1.165) is 4.70 Å². The molecule has 2 heterocycles. The first kappa shape index (κ1) is 28.1. The summed E-state index contributed by atoms with van der Waals surface area (Å²) < 4.78 is 6.51. The van der Waals surface area contributed by atoms with Gasteiger partial charge >= 0.3 is 0 Å². The molecule has 4 aromatic rings. The number of rotatable bonds is 5. The van der Waals surface area contributed by atoms with Crippen LogP contribution in [-0.2, 0) is 4.79 Å². The Labute approximate surface area is 243 Å². The van der Waals surface area contributed by atoms with Gasteiger partial charge in [0.2, 0.25) is 5.91 Å². The first-order valence-corrected chi connectivity index (χ1v) is 13.7. The van der Waals surface area contributed by atoms with Crippen molar-refractivity contribution in [3.8, 4) is 11.3 Å². The Bertz CT molecular complexity index is 1590. The molecule has 0 bridgehead atoms. The predicted molar refractivity (Wildman–Crippen MR) is 162 cm³/mol. The molecule has 6 nitrogen and oxygen atoms in total. The number of amides is 2. The van der Waals surface area contributed by atoms with Gasteiger partial charge in [0.25, 0.3) is 5.91 Å². The fourth-order valence-corrected chi connectivity index (χ4v) is 5.66. The van der Waals surface area contributed by atoms with Gasteiger partial charge in [-0.3, -0.25) is 14.9 Å². The third-order valence-corrected chi connectivity index (χ3v) is 7.55. The van der Waals surface area contributed by atoms with E-state index in [1.165, 1.54) is 23.5 Å². The van der Waals surface area contributed by atoms with E-state index in [1.807, 2.05) is 26.8 Å². The Hall–Kier alpha value is -2.88. The Morgan fingerprint density at radius 2 is 1.82 bits per heavy atom. The topological polar surface area (TPSA) is 83.4 Å². The third-order valence-electron chi connectivity index (χ3n) is 5.06. The molecule has 0 unspecified atom stereocenters. The van der Waals surface area contributed by atoms with Gasteiger partial charge in [0.15, 0.2) is 5.11 Å². The Morgan fingerprint density at radius 1 is 1.05 bits per heavy atom. The molecule has 2 amide bonds. The fourth-order valence-electron chi connectivity index (χ4n) is 3.47. The number of thiophene rings is 1. The summed E-state index contributed by atoms with van der Waals surface area (Å²) in [6.07, 6.45) is 2.82. The van der Waals surface area contributed by atoms with Crippen molar-refractivity contribution in [2.24, 2.45) is 0 Å². The van der Waals surface area contributed by atoms with E-state index in [2.05, 4.69) is 16.0 Å². The standard InChI is InChI=1S/C27H22Cl3N3O3S2/c1-27(2,3)33-25(35)24-22(30)17-5-4-6-19(23(17)38-24)31-26(37)32-21(34)12-9-15-8-11-20(36-15)16-10-7-14(28)13-18(16)29/h4-13H,1-3H3,(H,33,35)(H2,31,32,34,37)/b12-9+. The number of hydrogen-bond donors (Lipinski definition) is 3. The first-order chi connectivity index (χ1) is 17.9. The van der Waals surface area contributed by atoms with Crippen LogP contribution in [0.15, 0.2) is 59.0 Å². The molecule has 0 aliphatic carbocycles. The SMILES string of the molecule is CC(C)(C)NC(=O)c1sc2c(NC(=S)NC(=O)/C=C/c3ccc(-c4ccc(Cl)cc4Cl)o3)cccc2c1Cl. The van der Waals surface area contributed by atoms with Gasteiger partial charge in [-0.1, -0.05) is 46.9 Å². The van der Waals surface area contributed by atoms with Crippen LogP contribution < -0.4 is 16.0 Å². The number of benzene rings is 2. The van der Waals surface area contributed by atoms with Crippen molar-refractivity contribution >= 4 is 97.1 Å². The van der Waals surface area contributed by atoms with Gasteiger partial charge in [0.05, 0.1) is 20.4 Å². The van der Waals surface area contributed by atoms with Crippen LogP contribution in [0.25, 0.3) is 27.5 Å². The third kappa shape index (κ3) is 6.76. The zero-order valence-corrected chi connectivity index (χ0v) is 24.3. The molecule has 0 atom stereocenters. The van der Waals surface area contributed by atoms with Gasteiger partial charge in [-0.15, -0.1) is 11.3 Å². The van der Waals surface area contributed by atoms with E-state index in [9.17, 15) is 9.59 Å². The van der Waals surface area contributed by atoms with Crippen LogP contribution in [0.5, 0.6) is 0 Å². The molecule has 4 rings (SSSR count). The molecule has 38 heavy (non-hydrogen) atoms. The number of thiocarbonyl (C=S) groups is 1. The highest BCUT2D eigenvalue weighted by molar-refractivity contribution is 7.80. The maximum Gasteiger partial charge on any atom is 0.263 e. The summed E-state index contributed by atoms with van der Waals surface area (Å²) in [5, 5.41) is 10.7. The summed E-state index contributed by atoms with van der Waals surface area (Å²) in [7, 11) is 0. The summed E-state index contributed by atoms with van der Waals surface area (Å²) in [5.41, 5.74) is 0.901. The number of fused-ring (bicyclic) bond motifs is 1. The van der Waals surface area contributed by atoms with Crippen molar-refractivity contribution in [1.29, 1.82) is 0 Å². The minimum Gasteiger partial charge on any atom is -0.457 e. The molecule has 11 heteroatoms. The maximum atomic E-state index is 12.7. The molecule has 0 saturated carbocycles. The number of furan rings is 1. The second kappa shape index (κ2) is 11.5. The van der Waals surface area contributed by atoms with Gasteiger partial charge < -0.3 is 15.1 Å². The molecule has 0 saturated heterocycles. The fraction of sp³-hybridized carbons (Fsp3) is 0.148. The molecule has 2 aromatic heterocycles. The average Bonchev–Trinajstić information content (AvgIpc) is 3.42. The Kier molecular flexibility index (Phi) is 8.49. The van der Waals surface area contributed by atoms with Crippen molar-refractivity contribution in [3.63, 3.8) is 0 Å². The van der Waals surface area contributed by atoms with E-state index in [4.69, 9.17) is 51.4 Å².